The molecule has 1 aromatic heterocycles. The largest absolute Gasteiger partial charge is 0.373 e. The Morgan fingerprint density at radius 3 is 2.83 bits per heavy atom. The Bertz CT molecular complexity index is 400. The van der Waals surface area contributed by atoms with Crippen LogP contribution in [0.15, 0.2) is 0 Å². The molecule has 5 heteroatoms. The van der Waals surface area contributed by atoms with Crippen molar-refractivity contribution in [1.82, 2.24) is 9.97 Å². The van der Waals surface area contributed by atoms with Gasteiger partial charge in [-0.1, -0.05) is 6.92 Å². The summed E-state index contributed by atoms with van der Waals surface area (Å²) in [5, 5.41) is 3.18. The fourth-order valence-electron chi connectivity index (χ4n) is 2.22. The van der Waals surface area contributed by atoms with Gasteiger partial charge in [0.2, 0.25) is 0 Å². The highest BCUT2D eigenvalue weighted by Crippen LogP contribution is 2.25. The Morgan fingerprint density at radius 1 is 1.28 bits per heavy atom. The first-order chi connectivity index (χ1) is 8.76. The van der Waals surface area contributed by atoms with Gasteiger partial charge in [-0.2, -0.15) is 11.8 Å². The zero-order chi connectivity index (χ0) is 13.0. The normalized spacial score (nSPS) is 16.5. The van der Waals surface area contributed by atoms with Crippen LogP contribution in [-0.4, -0.2) is 41.6 Å². The molecule has 4 nitrogen and oxygen atoms in total. The van der Waals surface area contributed by atoms with Crippen LogP contribution in [0, 0.1) is 6.92 Å². The predicted molar refractivity (Wildman–Crippen MR) is 79.8 cm³/mol. The molecule has 0 amide bonds. The van der Waals surface area contributed by atoms with Crippen LogP contribution in [0.4, 0.5) is 11.6 Å². The molecule has 1 N–H and O–H groups in total. The molecule has 100 valence electrons. The van der Waals surface area contributed by atoms with Gasteiger partial charge in [0.05, 0.1) is 0 Å². The average molecular weight is 266 g/mol. The van der Waals surface area contributed by atoms with Gasteiger partial charge in [-0.3, -0.25) is 0 Å². The van der Waals surface area contributed by atoms with E-state index in [1.165, 1.54) is 23.5 Å². The number of aryl methyl sites for hydroxylation is 1. The average Bonchev–Trinajstić information content (AvgIpc) is 2.68. The van der Waals surface area contributed by atoms with Crippen LogP contribution >= 0.6 is 11.8 Å². The first-order valence-corrected chi connectivity index (χ1v) is 7.79. The van der Waals surface area contributed by atoms with Crippen LogP contribution in [0.5, 0.6) is 0 Å². The monoisotopic (exact) mass is 266 g/mol. The number of aromatic nitrogens is 2. The SMILES string of the molecule is CCc1nc(NC)c(C)c(N2CCCSCC2)n1. The number of anilines is 2. The van der Waals surface area contributed by atoms with Gasteiger partial charge in [0.1, 0.15) is 17.5 Å². The van der Waals surface area contributed by atoms with Crippen molar-refractivity contribution in [3.05, 3.63) is 11.4 Å². The van der Waals surface area contributed by atoms with Gasteiger partial charge >= 0.3 is 0 Å². The maximum atomic E-state index is 4.73. The summed E-state index contributed by atoms with van der Waals surface area (Å²) in [6, 6.07) is 0. The summed E-state index contributed by atoms with van der Waals surface area (Å²) in [4.78, 5) is 11.7. The fraction of sp³-hybridized carbons (Fsp3) is 0.692. The van der Waals surface area contributed by atoms with E-state index in [1.54, 1.807) is 0 Å². The lowest BCUT2D eigenvalue weighted by Crippen LogP contribution is -2.28. The zero-order valence-corrected chi connectivity index (χ0v) is 12.3. The summed E-state index contributed by atoms with van der Waals surface area (Å²) >= 11 is 2.04. The van der Waals surface area contributed by atoms with Crippen LogP contribution in [-0.2, 0) is 6.42 Å². The molecule has 0 aromatic carbocycles. The van der Waals surface area contributed by atoms with E-state index in [0.29, 0.717) is 0 Å². The molecular formula is C13H22N4S. The molecule has 0 radical (unpaired) electrons. The molecule has 0 saturated carbocycles. The van der Waals surface area contributed by atoms with Crippen molar-refractivity contribution in [3.63, 3.8) is 0 Å². The minimum Gasteiger partial charge on any atom is -0.373 e. The molecular weight excluding hydrogens is 244 g/mol. The highest BCUT2D eigenvalue weighted by Gasteiger charge is 2.17. The predicted octanol–water partition coefficient (Wildman–Crippen LogP) is 2.33. The molecule has 1 aliphatic heterocycles. The summed E-state index contributed by atoms with van der Waals surface area (Å²) in [6.45, 7) is 6.41. The number of nitrogens with zero attached hydrogens (tertiary/aromatic N) is 3. The van der Waals surface area contributed by atoms with E-state index < -0.39 is 0 Å². The second-order valence-electron chi connectivity index (χ2n) is 4.49. The van der Waals surface area contributed by atoms with Crippen LogP contribution < -0.4 is 10.2 Å². The van der Waals surface area contributed by atoms with Gasteiger partial charge in [0.15, 0.2) is 0 Å². The van der Waals surface area contributed by atoms with Crippen molar-refractivity contribution < 1.29 is 0 Å². The molecule has 2 rings (SSSR count). The zero-order valence-electron chi connectivity index (χ0n) is 11.5. The number of hydrogen-bond acceptors (Lipinski definition) is 5. The standard InChI is InChI=1S/C13H22N4S/c1-4-11-15-12(14-3)10(2)13(16-11)17-6-5-8-18-9-7-17/h4-9H2,1-3H3,(H,14,15,16). The fourth-order valence-corrected chi connectivity index (χ4v) is 3.10. The quantitative estimate of drug-likeness (QED) is 0.909. The summed E-state index contributed by atoms with van der Waals surface area (Å²) in [5.74, 6) is 5.47. The maximum absolute atomic E-state index is 4.73. The third-order valence-corrected chi connectivity index (χ3v) is 4.29. The maximum Gasteiger partial charge on any atom is 0.137 e. The Morgan fingerprint density at radius 2 is 2.11 bits per heavy atom. The number of hydrogen-bond donors (Lipinski definition) is 1. The summed E-state index contributed by atoms with van der Waals surface area (Å²) < 4.78 is 0. The van der Waals surface area contributed by atoms with Gasteiger partial charge in [0, 0.05) is 37.9 Å². The molecule has 1 aliphatic rings. The smallest absolute Gasteiger partial charge is 0.137 e. The third kappa shape index (κ3) is 2.88. The van der Waals surface area contributed by atoms with E-state index in [1.807, 2.05) is 18.8 Å². The van der Waals surface area contributed by atoms with E-state index >= 15 is 0 Å². The highest BCUT2D eigenvalue weighted by atomic mass is 32.2. The lowest BCUT2D eigenvalue weighted by molar-refractivity contribution is 0.783. The van der Waals surface area contributed by atoms with Crippen LogP contribution in [0.1, 0.15) is 24.7 Å². The topological polar surface area (TPSA) is 41.1 Å². The number of rotatable bonds is 3. The molecule has 0 unspecified atom stereocenters. The molecule has 18 heavy (non-hydrogen) atoms. The van der Waals surface area contributed by atoms with Gasteiger partial charge in [-0.15, -0.1) is 0 Å². The molecule has 1 fully saturated rings. The molecule has 0 aliphatic carbocycles. The van der Waals surface area contributed by atoms with E-state index in [-0.39, 0.29) is 0 Å². The first-order valence-electron chi connectivity index (χ1n) is 6.64. The molecule has 1 aromatic rings. The minimum atomic E-state index is 0.880. The van der Waals surface area contributed by atoms with Crippen LogP contribution in [0.2, 0.25) is 0 Å². The van der Waals surface area contributed by atoms with Crippen molar-refractivity contribution in [2.24, 2.45) is 0 Å². The van der Waals surface area contributed by atoms with E-state index in [2.05, 4.69) is 29.0 Å². The minimum absolute atomic E-state index is 0.880. The third-order valence-electron chi connectivity index (χ3n) is 3.24. The van der Waals surface area contributed by atoms with Crippen molar-refractivity contribution in [2.75, 3.05) is 41.9 Å². The van der Waals surface area contributed by atoms with Crippen LogP contribution in [0.3, 0.4) is 0 Å². The summed E-state index contributed by atoms with van der Waals surface area (Å²) in [7, 11) is 1.93. The summed E-state index contributed by atoms with van der Waals surface area (Å²) in [6.07, 6.45) is 2.12. The molecule has 1 saturated heterocycles. The van der Waals surface area contributed by atoms with Crippen molar-refractivity contribution in [3.8, 4) is 0 Å². The Balaban J connectivity index is 2.34. The van der Waals surface area contributed by atoms with Crippen molar-refractivity contribution in [1.29, 1.82) is 0 Å². The number of nitrogens with one attached hydrogen (secondary N) is 1. The second kappa shape index (κ2) is 6.27. The van der Waals surface area contributed by atoms with Gasteiger partial charge in [-0.05, 0) is 19.1 Å². The van der Waals surface area contributed by atoms with E-state index in [9.17, 15) is 0 Å². The lowest BCUT2D eigenvalue weighted by Gasteiger charge is -2.24. The molecule has 2 heterocycles. The Kier molecular flexibility index (Phi) is 4.69. The van der Waals surface area contributed by atoms with E-state index in [0.717, 1.165) is 37.0 Å². The van der Waals surface area contributed by atoms with E-state index in [4.69, 9.17) is 4.98 Å². The highest BCUT2D eigenvalue weighted by molar-refractivity contribution is 7.99. The number of thioether (sulfide) groups is 1. The summed E-state index contributed by atoms with van der Waals surface area (Å²) in [5.41, 5.74) is 1.17. The lowest BCUT2D eigenvalue weighted by atomic mass is 10.2. The van der Waals surface area contributed by atoms with Crippen molar-refractivity contribution >= 4 is 23.4 Å². The first kappa shape index (κ1) is 13.5. The Hall–Kier alpha value is -0.970. The van der Waals surface area contributed by atoms with Gasteiger partial charge < -0.3 is 10.2 Å². The molecule has 0 bridgehead atoms. The molecule has 0 spiro atoms. The van der Waals surface area contributed by atoms with Crippen molar-refractivity contribution in [2.45, 2.75) is 26.7 Å². The van der Waals surface area contributed by atoms with Gasteiger partial charge in [-0.25, -0.2) is 9.97 Å². The Labute approximate surface area is 114 Å². The molecule has 0 atom stereocenters. The second-order valence-corrected chi connectivity index (χ2v) is 5.72. The van der Waals surface area contributed by atoms with Crippen LogP contribution in [0.25, 0.3) is 0 Å². The van der Waals surface area contributed by atoms with Gasteiger partial charge in [0.25, 0.3) is 0 Å².